The van der Waals surface area contributed by atoms with Crippen LogP contribution in [-0.4, -0.2) is 60.1 Å². The second kappa shape index (κ2) is 8.12. The van der Waals surface area contributed by atoms with Gasteiger partial charge < -0.3 is 15.7 Å². The van der Waals surface area contributed by atoms with E-state index in [0.29, 0.717) is 19.5 Å². The summed E-state index contributed by atoms with van der Waals surface area (Å²) in [4.78, 5) is 16.5. The molecule has 1 amide bonds. The predicted octanol–water partition coefficient (Wildman–Crippen LogP) is 0.214. The Morgan fingerprint density at radius 1 is 1.10 bits per heavy atom. The molecule has 0 spiro atoms. The number of nitrogens with zero attached hydrogens (tertiary/aromatic N) is 2. The van der Waals surface area contributed by atoms with Crippen LogP contribution >= 0.6 is 0 Å². The summed E-state index contributed by atoms with van der Waals surface area (Å²) in [5.41, 5.74) is 7.70. The Kier molecular flexibility index (Phi) is 6.17. The first-order chi connectivity index (χ1) is 10.2. The van der Waals surface area contributed by atoms with Gasteiger partial charge in [0.05, 0.1) is 13.0 Å². The minimum Gasteiger partial charge on any atom is -0.395 e. The highest BCUT2D eigenvalue weighted by atomic mass is 16.3. The number of carbonyl (C=O) groups is 1. The monoisotopic (exact) mass is 291 g/mol. The highest BCUT2D eigenvalue weighted by molar-refractivity contribution is 5.78. The average molecular weight is 291 g/mol. The second-order valence-corrected chi connectivity index (χ2v) is 5.50. The first kappa shape index (κ1) is 15.9. The molecular formula is C16H25N3O2. The average Bonchev–Trinajstić information content (AvgIpc) is 2.74. The molecule has 0 aliphatic carbocycles. The Morgan fingerprint density at radius 3 is 2.48 bits per heavy atom. The normalized spacial score (nSPS) is 16.8. The fourth-order valence-corrected chi connectivity index (χ4v) is 2.66. The summed E-state index contributed by atoms with van der Waals surface area (Å²) in [5, 5.41) is 8.99. The zero-order chi connectivity index (χ0) is 15.1. The number of rotatable bonds is 5. The predicted molar refractivity (Wildman–Crippen MR) is 82.8 cm³/mol. The van der Waals surface area contributed by atoms with Crippen molar-refractivity contribution in [3.8, 4) is 0 Å². The van der Waals surface area contributed by atoms with Crippen LogP contribution in [0.5, 0.6) is 0 Å². The molecule has 3 N–H and O–H groups in total. The zero-order valence-electron chi connectivity index (χ0n) is 12.5. The Hall–Kier alpha value is -1.43. The lowest BCUT2D eigenvalue weighted by Crippen LogP contribution is -2.36. The maximum Gasteiger partial charge on any atom is 0.227 e. The highest BCUT2D eigenvalue weighted by Crippen LogP contribution is 2.09. The summed E-state index contributed by atoms with van der Waals surface area (Å²) < 4.78 is 0. The standard InChI is InChI=1S/C16H25N3O2/c17-13-15-4-2-14(3-5-15)12-16(21)19-7-1-6-18(8-9-19)10-11-20/h2-5,20H,1,6-13,17H2. The lowest BCUT2D eigenvalue weighted by Gasteiger charge is -2.21. The molecule has 1 heterocycles. The molecule has 0 bridgehead atoms. The molecule has 1 aliphatic rings. The van der Waals surface area contributed by atoms with Gasteiger partial charge in [-0.3, -0.25) is 9.69 Å². The molecule has 0 saturated carbocycles. The van der Waals surface area contributed by atoms with Gasteiger partial charge in [0.2, 0.25) is 5.91 Å². The van der Waals surface area contributed by atoms with Crippen molar-refractivity contribution in [2.45, 2.75) is 19.4 Å². The molecule has 21 heavy (non-hydrogen) atoms. The fraction of sp³-hybridized carbons (Fsp3) is 0.562. The summed E-state index contributed by atoms with van der Waals surface area (Å²) in [6.45, 7) is 4.76. The van der Waals surface area contributed by atoms with Crippen molar-refractivity contribution in [2.75, 3.05) is 39.3 Å². The van der Waals surface area contributed by atoms with Crippen molar-refractivity contribution >= 4 is 5.91 Å². The lowest BCUT2D eigenvalue weighted by molar-refractivity contribution is -0.130. The maximum absolute atomic E-state index is 12.4. The number of aliphatic hydroxyl groups is 1. The topological polar surface area (TPSA) is 69.8 Å². The van der Waals surface area contributed by atoms with E-state index in [1.54, 1.807) is 0 Å². The third kappa shape index (κ3) is 4.81. The van der Waals surface area contributed by atoms with Gasteiger partial charge in [-0.25, -0.2) is 0 Å². The van der Waals surface area contributed by atoms with Gasteiger partial charge in [0.25, 0.3) is 0 Å². The molecule has 2 rings (SSSR count). The quantitative estimate of drug-likeness (QED) is 0.814. The molecule has 116 valence electrons. The van der Waals surface area contributed by atoms with Crippen LogP contribution in [0.15, 0.2) is 24.3 Å². The minimum absolute atomic E-state index is 0.182. The molecule has 1 aromatic carbocycles. The van der Waals surface area contributed by atoms with Crippen molar-refractivity contribution in [3.05, 3.63) is 35.4 Å². The Balaban J connectivity index is 1.87. The number of hydrogen-bond acceptors (Lipinski definition) is 4. The molecule has 5 nitrogen and oxygen atoms in total. The van der Waals surface area contributed by atoms with E-state index in [0.717, 1.165) is 43.7 Å². The molecule has 0 unspecified atom stereocenters. The molecule has 1 saturated heterocycles. The van der Waals surface area contributed by atoms with Crippen molar-refractivity contribution in [2.24, 2.45) is 5.73 Å². The van der Waals surface area contributed by atoms with Crippen LogP contribution < -0.4 is 5.73 Å². The molecule has 1 aromatic rings. The number of β-amino-alcohol motifs (C(OH)–C–C–N with tert-alkyl or cyclic N) is 1. The summed E-state index contributed by atoms with van der Waals surface area (Å²) >= 11 is 0. The van der Waals surface area contributed by atoms with Crippen molar-refractivity contribution < 1.29 is 9.90 Å². The van der Waals surface area contributed by atoms with E-state index >= 15 is 0 Å². The summed E-state index contributed by atoms with van der Waals surface area (Å²) in [5.74, 6) is 0.182. The number of hydrogen-bond donors (Lipinski definition) is 2. The number of carbonyl (C=O) groups excluding carboxylic acids is 1. The van der Waals surface area contributed by atoms with Gasteiger partial charge in [0, 0.05) is 32.7 Å². The van der Waals surface area contributed by atoms with E-state index in [2.05, 4.69) is 4.90 Å². The van der Waals surface area contributed by atoms with Gasteiger partial charge >= 0.3 is 0 Å². The maximum atomic E-state index is 12.4. The van der Waals surface area contributed by atoms with Crippen LogP contribution in [0.25, 0.3) is 0 Å². The lowest BCUT2D eigenvalue weighted by atomic mass is 10.1. The van der Waals surface area contributed by atoms with Gasteiger partial charge in [0.1, 0.15) is 0 Å². The smallest absolute Gasteiger partial charge is 0.227 e. The van der Waals surface area contributed by atoms with Crippen LogP contribution in [-0.2, 0) is 17.8 Å². The number of aliphatic hydroxyl groups excluding tert-OH is 1. The van der Waals surface area contributed by atoms with Crippen LogP contribution in [0.1, 0.15) is 17.5 Å². The fourth-order valence-electron chi connectivity index (χ4n) is 2.66. The van der Waals surface area contributed by atoms with Gasteiger partial charge in [-0.05, 0) is 24.1 Å². The first-order valence-electron chi connectivity index (χ1n) is 7.62. The molecule has 0 aromatic heterocycles. The summed E-state index contributed by atoms with van der Waals surface area (Å²) in [6, 6.07) is 7.92. The van der Waals surface area contributed by atoms with Crippen LogP contribution in [0.3, 0.4) is 0 Å². The molecule has 0 radical (unpaired) electrons. The first-order valence-corrected chi connectivity index (χ1v) is 7.62. The third-order valence-electron chi connectivity index (χ3n) is 3.97. The minimum atomic E-state index is 0.182. The van der Waals surface area contributed by atoms with Crippen LogP contribution in [0.2, 0.25) is 0 Å². The largest absolute Gasteiger partial charge is 0.395 e. The number of benzene rings is 1. The van der Waals surface area contributed by atoms with E-state index in [-0.39, 0.29) is 12.5 Å². The highest BCUT2D eigenvalue weighted by Gasteiger charge is 2.18. The van der Waals surface area contributed by atoms with Crippen LogP contribution in [0.4, 0.5) is 0 Å². The summed E-state index contributed by atoms with van der Waals surface area (Å²) in [6.07, 6.45) is 1.42. The van der Waals surface area contributed by atoms with E-state index < -0.39 is 0 Å². The van der Waals surface area contributed by atoms with E-state index in [1.807, 2.05) is 29.2 Å². The molecule has 0 atom stereocenters. The van der Waals surface area contributed by atoms with Crippen molar-refractivity contribution in [1.29, 1.82) is 0 Å². The van der Waals surface area contributed by atoms with Crippen LogP contribution in [0, 0.1) is 0 Å². The van der Waals surface area contributed by atoms with Gasteiger partial charge in [-0.15, -0.1) is 0 Å². The molecule has 1 aliphatic heterocycles. The Morgan fingerprint density at radius 2 is 1.81 bits per heavy atom. The molecule has 5 heteroatoms. The van der Waals surface area contributed by atoms with E-state index in [4.69, 9.17) is 10.8 Å². The zero-order valence-corrected chi connectivity index (χ0v) is 12.5. The SMILES string of the molecule is NCc1ccc(CC(=O)N2CCCN(CCO)CC2)cc1. The molecular weight excluding hydrogens is 266 g/mol. The van der Waals surface area contributed by atoms with E-state index in [1.165, 1.54) is 0 Å². The van der Waals surface area contributed by atoms with Gasteiger partial charge in [-0.1, -0.05) is 24.3 Å². The summed E-state index contributed by atoms with van der Waals surface area (Å²) in [7, 11) is 0. The number of amides is 1. The van der Waals surface area contributed by atoms with Gasteiger partial charge in [0.15, 0.2) is 0 Å². The third-order valence-corrected chi connectivity index (χ3v) is 3.97. The van der Waals surface area contributed by atoms with Gasteiger partial charge in [-0.2, -0.15) is 0 Å². The van der Waals surface area contributed by atoms with E-state index in [9.17, 15) is 4.79 Å². The van der Waals surface area contributed by atoms with Crippen molar-refractivity contribution in [3.63, 3.8) is 0 Å². The second-order valence-electron chi connectivity index (χ2n) is 5.50. The molecule has 1 fully saturated rings. The van der Waals surface area contributed by atoms with Crippen molar-refractivity contribution in [1.82, 2.24) is 9.80 Å². The Labute approximate surface area is 126 Å². The Bertz CT molecular complexity index is 447. The number of nitrogens with two attached hydrogens (primary N) is 1.